The van der Waals surface area contributed by atoms with Crippen molar-refractivity contribution in [2.45, 2.75) is 160 Å². The SMILES string of the molecule is CCCCCCCCCC(=O)C(O)(C(=O)CCCCCCC)C(O)(CO)C(=O)CCCCCCC. The van der Waals surface area contributed by atoms with Gasteiger partial charge in [-0.3, -0.25) is 14.4 Å². The first-order chi connectivity index (χ1) is 16.8. The first-order valence-corrected chi connectivity index (χ1v) is 14.4. The fourth-order valence-electron chi connectivity index (χ4n) is 4.61. The average Bonchev–Trinajstić information content (AvgIpc) is 2.86. The molecule has 35 heavy (non-hydrogen) atoms. The number of unbranched alkanes of at least 4 members (excludes halogenated alkanes) is 14. The molecule has 0 aromatic rings. The van der Waals surface area contributed by atoms with Gasteiger partial charge in [0.15, 0.2) is 23.0 Å². The largest absolute Gasteiger partial charge is 0.393 e. The number of carbonyl (C=O) groups is 3. The van der Waals surface area contributed by atoms with Gasteiger partial charge in [-0.05, 0) is 19.3 Å². The molecule has 6 nitrogen and oxygen atoms in total. The standard InChI is InChI=1S/C29H54O6/c1-4-7-10-13-14-17-20-23-27(33)29(35,26(32)22-19-16-12-9-6-3)28(34,24-30)25(31)21-18-15-11-8-5-2/h30,34-35H,4-24H2,1-3H3. The van der Waals surface area contributed by atoms with E-state index in [-0.39, 0.29) is 19.3 Å². The molecule has 0 saturated heterocycles. The number of aliphatic hydroxyl groups excluding tert-OH is 1. The van der Waals surface area contributed by atoms with Crippen LogP contribution in [-0.2, 0) is 14.4 Å². The zero-order valence-corrected chi connectivity index (χ0v) is 22.9. The third kappa shape index (κ3) is 11.7. The van der Waals surface area contributed by atoms with Gasteiger partial charge in [0.05, 0.1) is 6.61 Å². The predicted molar refractivity (Wildman–Crippen MR) is 141 cm³/mol. The highest BCUT2D eigenvalue weighted by Gasteiger charge is 2.62. The summed E-state index contributed by atoms with van der Waals surface area (Å²) in [7, 11) is 0. The van der Waals surface area contributed by atoms with Crippen LogP contribution >= 0.6 is 0 Å². The summed E-state index contributed by atoms with van der Waals surface area (Å²) < 4.78 is 0. The second-order valence-electron chi connectivity index (χ2n) is 10.2. The van der Waals surface area contributed by atoms with Crippen LogP contribution in [0.1, 0.15) is 149 Å². The molecule has 0 aliphatic rings. The molecule has 0 aliphatic carbocycles. The highest BCUT2D eigenvalue weighted by molar-refractivity contribution is 6.16. The van der Waals surface area contributed by atoms with Crippen LogP contribution < -0.4 is 0 Å². The minimum absolute atomic E-state index is 0.0857. The van der Waals surface area contributed by atoms with E-state index in [0.717, 1.165) is 83.5 Å². The number of Topliss-reactive ketones (excluding diaryl/α,β-unsaturated/α-hetero) is 3. The third-order valence-electron chi connectivity index (χ3n) is 7.12. The molecule has 0 saturated carbocycles. The van der Waals surface area contributed by atoms with Crippen LogP contribution in [0.15, 0.2) is 0 Å². The quantitative estimate of drug-likeness (QED) is 0.105. The lowest BCUT2D eigenvalue weighted by Crippen LogP contribution is -2.69. The van der Waals surface area contributed by atoms with Crippen LogP contribution in [0.25, 0.3) is 0 Å². The van der Waals surface area contributed by atoms with Gasteiger partial charge >= 0.3 is 0 Å². The van der Waals surface area contributed by atoms with Crippen molar-refractivity contribution < 1.29 is 29.7 Å². The maximum atomic E-state index is 13.2. The molecule has 0 aliphatic heterocycles. The summed E-state index contributed by atoms with van der Waals surface area (Å²) in [5.41, 5.74) is -5.69. The van der Waals surface area contributed by atoms with Crippen molar-refractivity contribution in [3.63, 3.8) is 0 Å². The Kier molecular flexibility index (Phi) is 19.4. The van der Waals surface area contributed by atoms with E-state index in [1.807, 2.05) is 0 Å². The number of rotatable bonds is 25. The van der Waals surface area contributed by atoms with Crippen LogP contribution in [0.5, 0.6) is 0 Å². The lowest BCUT2D eigenvalue weighted by molar-refractivity contribution is -0.194. The lowest BCUT2D eigenvalue weighted by Gasteiger charge is -2.39. The summed E-state index contributed by atoms with van der Waals surface area (Å²) in [6.45, 7) is 5.17. The predicted octanol–water partition coefficient (Wildman–Crippen LogP) is 6.01. The highest BCUT2D eigenvalue weighted by atomic mass is 16.4. The maximum Gasteiger partial charge on any atom is 0.219 e. The number of carbonyl (C=O) groups excluding carboxylic acids is 3. The number of aliphatic hydroxyl groups is 3. The van der Waals surface area contributed by atoms with E-state index in [4.69, 9.17) is 0 Å². The van der Waals surface area contributed by atoms with Gasteiger partial charge < -0.3 is 15.3 Å². The van der Waals surface area contributed by atoms with E-state index >= 15 is 0 Å². The second kappa shape index (κ2) is 20.0. The summed E-state index contributed by atoms with van der Waals surface area (Å²) >= 11 is 0. The van der Waals surface area contributed by atoms with Gasteiger partial charge in [0.2, 0.25) is 5.60 Å². The van der Waals surface area contributed by atoms with Crippen molar-refractivity contribution in [1.29, 1.82) is 0 Å². The van der Waals surface area contributed by atoms with E-state index in [9.17, 15) is 29.7 Å². The van der Waals surface area contributed by atoms with Gasteiger partial charge in [0.1, 0.15) is 0 Å². The summed E-state index contributed by atoms with van der Waals surface area (Å²) in [5, 5.41) is 32.7. The topological polar surface area (TPSA) is 112 Å². The monoisotopic (exact) mass is 498 g/mol. The van der Waals surface area contributed by atoms with E-state index in [1.54, 1.807) is 0 Å². The molecule has 0 aromatic carbocycles. The fraction of sp³-hybridized carbons (Fsp3) is 0.897. The first kappa shape index (κ1) is 33.9. The lowest BCUT2D eigenvalue weighted by atomic mass is 9.71. The van der Waals surface area contributed by atoms with Gasteiger partial charge in [0, 0.05) is 19.3 Å². The molecule has 0 spiro atoms. The summed E-state index contributed by atoms with van der Waals surface area (Å²) in [6, 6.07) is 0. The summed E-state index contributed by atoms with van der Waals surface area (Å²) in [5.74, 6) is -2.52. The highest BCUT2D eigenvalue weighted by Crippen LogP contribution is 2.32. The van der Waals surface area contributed by atoms with Crippen molar-refractivity contribution >= 4 is 17.3 Å². The molecule has 0 aromatic heterocycles. The summed E-state index contributed by atoms with van der Waals surface area (Å²) in [6.07, 6.45) is 15.0. The Labute approximate surface area is 214 Å². The molecular formula is C29H54O6. The van der Waals surface area contributed by atoms with Crippen LogP contribution in [0, 0.1) is 0 Å². The van der Waals surface area contributed by atoms with Crippen molar-refractivity contribution in [1.82, 2.24) is 0 Å². The van der Waals surface area contributed by atoms with E-state index in [1.165, 1.54) is 6.42 Å². The van der Waals surface area contributed by atoms with Crippen LogP contribution in [0.4, 0.5) is 0 Å². The van der Waals surface area contributed by atoms with Crippen molar-refractivity contribution in [2.75, 3.05) is 6.61 Å². The minimum Gasteiger partial charge on any atom is -0.393 e. The fourth-order valence-corrected chi connectivity index (χ4v) is 4.61. The Balaban J connectivity index is 5.38. The van der Waals surface area contributed by atoms with Gasteiger partial charge in [-0.15, -0.1) is 0 Å². The summed E-state index contributed by atoms with van der Waals surface area (Å²) in [4.78, 5) is 39.4. The molecule has 0 heterocycles. The molecule has 0 rings (SSSR count). The smallest absolute Gasteiger partial charge is 0.219 e. The van der Waals surface area contributed by atoms with Gasteiger partial charge in [0.25, 0.3) is 0 Å². The zero-order chi connectivity index (χ0) is 26.6. The van der Waals surface area contributed by atoms with Gasteiger partial charge in [-0.1, -0.05) is 111 Å². The average molecular weight is 499 g/mol. The van der Waals surface area contributed by atoms with Crippen molar-refractivity contribution in [3.8, 4) is 0 Å². The first-order valence-electron chi connectivity index (χ1n) is 14.4. The Morgan fingerprint density at radius 1 is 0.486 bits per heavy atom. The molecule has 2 unspecified atom stereocenters. The normalized spacial score (nSPS) is 14.9. The zero-order valence-electron chi connectivity index (χ0n) is 22.9. The molecule has 0 fully saturated rings. The van der Waals surface area contributed by atoms with E-state index in [0.29, 0.717) is 19.3 Å². The molecule has 6 heteroatoms. The van der Waals surface area contributed by atoms with Crippen LogP contribution in [0.3, 0.4) is 0 Å². The molecule has 0 amide bonds. The molecule has 0 bridgehead atoms. The van der Waals surface area contributed by atoms with Crippen LogP contribution in [0.2, 0.25) is 0 Å². The maximum absolute atomic E-state index is 13.2. The Bertz CT molecular complexity index is 590. The number of ketones is 3. The Morgan fingerprint density at radius 2 is 0.771 bits per heavy atom. The number of hydrogen-bond donors (Lipinski definition) is 3. The second-order valence-corrected chi connectivity index (χ2v) is 10.2. The number of hydrogen-bond acceptors (Lipinski definition) is 6. The van der Waals surface area contributed by atoms with E-state index in [2.05, 4.69) is 20.8 Å². The Hall–Kier alpha value is -1.11. The molecule has 3 N–H and O–H groups in total. The molecule has 0 radical (unpaired) electrons. The molecule has 206 valence electrons. The third-order valence-corrected chi connectivity index (χ3v) is 7.12. The van der Waals surface area contributed by atoms with Gasteiger partial charge in [-0.25, -0.2) is 0 Å². The van der Waals surface area contributed by atoms with Crippen molar-refractivity contribution in [2.24, 2.45) is 0 Å². The van der Waals surface area contributed by atoms with Crippen molar-refractivity contribution in [3.05, 3.63) is 0 Å². The Morgan fingerprint density at radius 3 is 1.09 bits per heavy atom. The van der Waals surface area contributed by atoms with E-state index < -0.39 is 35.2 Å². The van der Waals surface area contributed by atoms with Crippen LogP contribution in [-0.4, -0.2) is 50.5 Å². The van der Waals surface area contributed by atoms with Gasteiger partial charge in [-0.2, -0.15) is 0 Å². The minimum atomic E-state index is -2.89. The molecule has 2 atom stereocenters. The molecular weight excluding hydrogens is 444 g/mol.